The van der Waals surface area contributed by atoms with Crippen LogP contribution in [0.2, 0.25) is 0 Å². The molecule has 0 spiro atoms. The summed E-state index contributed by atoms with van der Waals surface area (Å²) in [7, 11) is 4.73. The van der Waals surface area contributed by atoms with Crippen LogP contribution in [0.5, 0.6) is 17.2 Å². The zero-order chi connectivity index (χ0) is 18.4. The van der Waals surface area contributed by atoms with E-state index in [1.165, 1.54) is 11.8 Å². The normalized spacial score (nSPS) is 16.2. The van der Waals surface area contributed by atoms with Crippen LogP contribution in [0.4, 0.5) is 0 Å². The van der Waals surface area contributed by atoms with Crippen LogP contribution in [0.25, 0.3) is 6.08 Å². The first kappa shape index (κ1) is 19.3. The lowest BCUT2D eigenvalue weighted by atomic mass is 10.1. The van der Waals surface area contributed by atoms with Gasteiger partial charge in [0.25, 0.3) is 5.91 Å². The second-order valence-corrected chi connectivity index (χ2v) is 6.93. The van der Waals surface area contributed by atoms with Gasteiger partial charge in [-0.15, -0.1) is 0 Å². The third-order valence-corrected chi connectivity index (χ3v) is 4.88. The van der Waals surface area contributed by atoms with Crippen molar-refractivity contribution in [3.63, 3.8) is 0 Å². The average Bonchev–Trinajstić information content (AvgIpc) is 2.95. The Hall–Kier alpha value is -1.99. The predicted octanol–water partition coefficient (Wildman–Crippen LogP) is 3.93. The van der Waals surface area contributed by atoms with Gasteiger partial charge in [0.05, 0.1) is 26.2 Å². The van der Waals surface area contributed by atoms with Crippen LogP contribution in [-0.4, -0.2) is 31.6 Å². The monoisotopic (exact) mass is 379 g/mol. The van der Waals surface area contributed by atoms with Crippen LogP contribution in [0, 0.1) is 0 Å². The summed E-state index contributed by atoms with van der Waals surface area (Å²) < 4.78 is 16.6. The molecule has 134 valence electrons. The number of carbonyl (C=O) groups is 1. The number of nitrogens with one attached hydrogen (secondary N) is 1. The van der Waals surface area contributed by atoms with Gasteiger partial charge in [-0.25, -0.2) is 0 Å². The summed E-state index contributed by atoms with van der Waals surface area (Å²) in [6.45, 7) is 2.07. The molecule has 2 rings (SSSR count). The fourth-order valence-corrected chi connectivity index (χ4v) is 3.58. The van der Waals surface area contributed by atoms with Crippen molar-refractivity contribution in [1.29, 1.82) is 0 Å². The molecule has 25 heavy (non-hydrogen) atoms. The summed E-state index contributed by atoms with van der Waals surface area (Å²) >= 11 is 6.38. The van der Waals surface area contributed by atoms with Gasteiger partial charge in [0, 0.05) is 0 Å². The van der Waals surface area contributed by atoms with Crippen molar-refractivity contribution in [2.45, 2.75) is 19.8 Å². The van der Waals surface area contributed by atoms with E-state index in [1.807, 2.05) is 24.3 Å². The maximum Gasteiger partial charge on any atom is 0.263 e. The third-order valence-electron chi connectivity index (χ3n) is 3.59. The largest absolute Gasteiger partial charge is 0.493 e. The first-order valence-corrected chi connectivity index (χ1v) is 9.00. The molecule has 1 aliphatic heterocycles. The summed E-state index contributed by atoms with van der Waals surface area (Å²) in [6.07, 6.45) is 5.59. The number of hydrogen-bond donors (Lipinski definition) is 1. The Morgan fingerprint density at radius 2 is 1.84 bits per heavy atom. The molecule has 0 saturated carbocycles. The fraction of sp³-hybridized carbons (Fsp3) is 0.333. The molecule has 1 aliphatic rings. The van der Waals surface area contributed by atoms with Gasteiger partial charge in [-0.05, 0) is 29.7 Å². The van der Waals surface area contributed by atoms with E-state index in [2.05, 4.69) is 12.2 Å². The second kappa shape index (κ2) is 8.92. The Balaban J connectivity index is 2.40. The molecule has 1 aromatic rings. The maximum absolute atomic E-state index is 12.0. The van der Waals surface area contributed by atoms with Gasteiger partial charge in [-0.1, -0.05) is 49.5 Å². The molecule has 1 saturated heterocycles. The standard InChI is InChI=1S/C18H21NO4S2/c1-5-6-12(16-17(20)19-18(24)25-16)8-7-11-9-13(21-2)15(23-4)14(10-11)22-3/h7-10H,5-6H2,1-4H3,(H,19,20,24)/b8-7+,16-12?. The second-order valence-electron chi connectivity index (χ2n) is 5.24. The number of thioether (sulfide) groups is 1. The molecule has 0 atom stereocenters. The smallest absolute Gasteiger partial charge is 0.263 e. The van der Waals surface area contributed by atoms with Crippen molar-refractivity contribution in [2.75, 3.05) is 21.3 Å². The van der Waals surface area contributed by atoms with Crippen molar-refractivity contribution in [1.82, 2.24) is 5.32 Å². The van der Waals surface area contributed by atoms with Gasteiger partial charge in [0.1, 0.15) is 4.32 Å². The van der Waals surface area contributed by atoms with Gasteiger partial charge in [0.2, 0.25) is 5.75 Å². The Morgan fingerprint density at radius 1 is 1.20 bits per heavy atom. The number of carbonyl (C=O) groups excluding carboxylic acids is 1. The van der Waals surface area contributed by atoms with Crippen molar-refractivity contribution in [3.05, 3.63) is 34.3 Å². The number of thiocarbonyl (C=S) groups is 1. The van der Waals surface area contributed by atoms with E-state index in [0.717, 1.165) is 24.0 Å². The molecule has 1 aromatic carbocycles. The van der Waals surface area contributed by atoms with E-state index in [9.17, 15) is 4.79 Å². The molecule has 7 heteroatoms. The first-order valence-electron chi connectivity index (χ1n) is 7.78. The lowest BCUT2D eigenvalue weighted by molar-refractivity contribution is -0.115. The van der Waals surface area contributed by atoms with Crippen molar-refractivity contribution in [3.8, 4) is 17.2 Å². The summed E-state index contributed by atoms with van der Waals surface area (Å²) in [6, 6.07) is 3.72. The van der Waals surface area contributed by atoms with E-state index < -0.39 is 0 Å². The topological polar surface area (TPSA) is 56.8 Å². The molecule has 1 heterocycles. The van der Waals surface area contributed by atoms with Crippen molar-refractivity contribution >= 4 is 40.3 Å². The Kier molecular flexibility index (Phi) is 6.90. The zero-order valence-corrected chi connectivity index (χ0v) is 16.3. The Morgan fingerprint density at radius 3 is 2.28 bits per heavy atom. The van der Waals surface area contributed by atoms with Crippen LogP contribution in [0.3, 0.4) is 0 Å². The highest BCUT2D eigenvalue weighted by atomic mass is 32.2. The molecule has 1 amide bonds. The number of rotatable bonds is 7. The summed E-state index contributed by atoms with van der Waals surface area (Å²) in [4.78, 5) is 12.7. The zero-order valence-electron chi connectivity index (χ0n) is 14.7. The minimum atomic E-state index is -0.131. The highest BCUT2D eigenvalue weighted by Crippen LogP contribution is 2.39. The van der Waals surface area contributed by atoms with Gasteiger partial charge in [0.15, 0.2) is 11.5 Å². The van der Waals surface area contributed by atoms with Gasteiger partial charge >= 0.3 is 0 Å². The highest BCUT2D eigenvalue weighted by molar-refractivity contribution is 8.26. The van der Waals surface area contributed by atoms with Crippen molar-refractivity contribution < 1.29 is 19.0 Å². The van der Waals surface area contributed by atoms with Crippen molar-refractivity contribution in [2.24, 2.45) is 0 Å². The number of allylic oxidation sites excluding steroid dienone is 2. The molecule has 1 N–H and O–H groups in total. The SMILES string of the molecule is CCCC(/C=C/c1cc(OC)c(OC)c(OC)c1)=C1SC(=S)NC1=O. The van der Waals surface area contributed by atoms with Gasteiger partial charge in [-0.3, -0.25) is 4.79 Å². The quantitative estimate of drug-likeness (QED) is 0.572. The summed E-state index contributed by atoms with van der Waals surface area (Å²) in [5.74, 6) is 1.58. The minimum absolute atomic E-state index is 0.131. The molecule has 0 radical (unpaired) electrons. The number of amides is 1. The third kappa shape index (κ3) is 4.55. The lowest BCUT2D eigenvalue weighted by Gasteiger charge is -2.13. The van der Waals surface area contributed by atoms with E-state index in [-0.39, 0.29) is 5.91 Å². The molecular weight excluding hydrogens is 358 g/mol. The molecule has 1 fully saturated rings. The van der Waals surface area contributed by atoms with E-state index in [0.29, 0.717) is 26.5 Å². The molecule has 0 bridgehead atoms. The first-order chi connectivity index (χ1) is 12.0. The minimum Gasteiger partial charge on any atom is -0.493 e. The fourth-order valence-electron chi connectivity index (χ4n) is 2.46. The molecule has 5 nitrogen and oxygen atoms in total. The van der Waals surface area contributed by atoms with Crippen LogP contribution < -0.4 is 19.5 Å². The number of ether oxygens (including phenoxy) is 3. The van der Waals surface area contributed by atoms with Crippen LogP contribution >= 0.6 is 24.0 Å². The predicted molar refractivity (Wildman–Crippen MR) is 105 cm³/mol. The summed E-state index contributed by atoms with van der Waals surface area (Å²) in [5.41, 5.74) is 1.84. The Labute approximate surface area is 157 Å². The molecule has 0 aromatic heterocycles. The van der Waals surface area contributed by atoms with E-state index >= 15 is 0 Å². The van der Waals surface area contributed by atoms with Crippen LogP contribution in [0.1, 0.15) is 25.3 Å². The molecular formula is C18H21NO4S2. The molecule has 0 unspecified atom stereocenters. The van der Waals surface area contributed by atoms with Gasteiger partial charge < -0.3 is 19.5 Å². The van der Waals surface area contributed by atoms with E-state index in [1.54, 1.807) is 21.3 Å². The number of hydrogen-bond acceptors (Lipinski definition) is 6. The maximum atomic E-state index is 12.0. The number of methoxy groups -OCH3 is 3. The van der Waals surface area contributed by atoms with Crippen LogP contribution in [-0.2, 0) is 4.79 Å². The van der Waals surface area contributed by atoms with Gasteiger partial charge in [-0.2, -0.15) is 0 Å². The highest BCUT2D eigenvalue weighted by Gasteiger charge is 2.24. The summed E-state index contributed by atoms with van der Waals surface area (Å²) in [5, 5.41) is 2.66. The average molecular weight is 380 g/mol. The van der Waals surface area contributed by atoms with Crippen LogP contribution in [0.15, 0.2) is 28.7 Å². The lowest BCUT2D eigenvalue weighted by Crippen LogP contribution is -2.18. The number of benzene rings is 1. The van der Waals surface area contributed by atoms with E-state index in [4.69, 9.17) is 26.4 Å². The molecule has 0 aliphatic carbocycles. The Bertz CT molecular complexity index is 716.